The molecule has 0 spiro atoms. The van der Waals surface area contributed by atoms with Crippen LogP contribution >= 0.6 is 0 Å². The van der Waals surface area contributed by atoms with Gasteiger partial charge in [-0.3, -0.25) is 4.79 Å². The van der Waals surface area contributed by atoms with E-state index in [-0.39, 0.29) is 17.5 Å². The summed E-state index contributed by atoms with van der Waals surface area (Å²) in [4.78, 5) is 16.7. The van der Waals surface area contributed by atoms with Crippen molar-refractivity contribution in [3.63, 3.8) is 0 Å². The number of nitrogens with zero attached hydrogens (tertiary/aromatic N) is 2. The molecule has 0 radical (unpaired) electrons. The second-order valence-electron chi connectivity index (χ2n) is 8.05. The van der Waals surface area contributed by atoms with Crippen LogP contribution in [0.4, 0.5) is 10.1 Å². The molecule has 1 amide bonds. The van der Waals surface area contributed by atoms with E-state index in [2.05, 4.69) is 29.2 Å². The molecular weight excluding hydrogens is 419 g/mol. The van der Waals surface area contributed by atoms with E-state index in [9.17, 15) is 14.3 Å². The van der Waals surface area contributed by atoms with Gasteiger partial charge >= 0.3 is 0 Å². The number of rotatable bonds is 6. The van der Waals surface area contributed by atoms with Gasteiger partial charge in [0.2, 0.25) is 5.91 Å². The number of halogens is 1. The highest BCUT2D eigenvalue weighted by molar-refractivity contribution is 5.92. The highest BCUT2D eigenvalue weighted by Crippen LogP contribution is 2.27. The SMILES string of the molecule is COc1cc(/C=C/C(=O)N2CCN(c3ccc(Cc4ccc(F)cc4)cc3)CC2)ccc1O. The molecule has 0 unspecified atom stereocenters. The topological polar surface area (TPSA) is 53.0 Å². The van der Waals surface area contributed by atoms with Crippen LogP contribution in [0.25, 0.3) is 6.08 Å². The number of methoxy groups -OCH3 is 1. The highest BCUT2D eigenvalue weighted by atomic mass is 19.1. The molecule has 5 nitrogen and oxygen atoms in total. The van der Waals surface area contributed by atoms with E-state index < -0.39 is 0 Å². The fraction of sp³-hybridized carbons (Fsp3) is 0.222. The zero-order valence-corrected chi connectivity index (χ0v) is 18.6. The second kappa shape index (κ2) is 10.2. The zero-order chi connectivity index (χ0) is 23.2. The van der Waals surface area contributed by atoms with Crippen LogP contribution in [0.1, 0.15) is 16.7 Å². The van der Waals surface area contributed by atoms with Gasteiger partial charge in [-0.25, -0.2) is 4.39 Å². The molecular formula is C27H27FN2O3. The average molecular weight is 447 g/mol. The number of hydrogen-bond donors (Lipinski definition) is 1. The van der Waals surface area contributed by atoms with Crippen molar-refractivity contribution in [1.82, 2.24) is 4.90 Å². The summed E-state index contributed by atoms with van der Waals surface area (Å²) in [6, 6.07) is 20.0. The Morgan fingerprint density at radius 3 is 2.24 bits per heavy atom. The lowest BCUT2D eigenvalue weighted by Crippen LogP contribution is -2.48. The average Bonchev–Trinajstić information content (AvgIpc) is 2.85. The quantitative estimate of drug-likeness (QED) is 0.567. The number of benzene rings is 3. The number of hydrogen-bond acceptors (Lipinski definition) is 4. The predicted molar refractivity (Wildman–Crippen MR) is 128 cm³/mol. The first-order chi connectivity index (χ1) is 16.0. The highest BCUT2D eigenvalue weighted by Gasteiger charge is 2.19. The Morgan fingerprint density at radius 1 is 0.970 bits per heavy atom. The third kappa shape index (κ3) is 5.71. The van der Waals surface area contributed by atoms with Crippen molar-refractivity contribution >= 4 is 17.7 Å². The molecule has 0 aliphatic carbocycles. The van der Waals surface area contributed by atoms with Crippen molar-refractivity contribution in [2.75, 3.05) is 38.2 Å². The van der Waals surface area contributed by atoms with E-state index in [4.69, 9.17) is 4.74 Å². The van der Waals surface area contributed by atoms with E-state index in [1.54, 1.807) is 30.4 Å². The number of ether oxygens (including phenoxy) is 1. The molecule has 1 heterocycles. The van der Waals surface area contributed by atoms with Crippen LogP contribution < -0.4 is 9.64 Å². The third-order valence-corrected chi connectivity index (χ3v) is 5.84. The van der Waals surface area contributed by atoms with Gasteiger partial charge in [-0.15, -0.1) is 0 Å². The Bertz CT molecular complexity index is 1120. The minimum absolute atomic E-state index is 0.0312. The summed E-state index contributed by atoms with van der Waals surface area (Å²) in [5, 5.41) is 9.68. The van der Waals surface area contributed by atoms with Crippen molar-refractivity contribution in [1.29, 1.82) is 0 Å². The molecule has 0 aromatic heterocycles. The van der Waals surface area contributed by atoms with Crippen LogP contribution in [0, 0.1) is 5.82 Å². The maximum Gasteiger partial charge on any atom is 0.246 e. The van der Waals surface area contributed by atoms with Gasteiger partial charge in [0.25, 0.3) is 0 Å². The molecule has 1 N–H and O–H groups in total. The molecule has 0 atom stereocenters. The Balaban J connectivity index is 1.30. The molecule has 33 heavy (non-hydrogen) atoms. The lowest BCUT2D eigenvalue weighted by atomic mass is 10.0. The lowest BCUT2D eigenvalue weighted by molar-refractivity contribution is -0.126. The van der Waals surface area contributed by atoms with Gasteiger partial charge in [0.15, 0.2) is 11.5 Å². The summed E-state index contributed by atoms with van der Waals surface area (Å²) in [7, 11) is 1.49. The van der Waals surface area contributed by atoms with E-state index in [0.717, 1.165) is 36.3 Å². The first-order valence-corrected chi connectivity index (χ1v) is 10.9. The number of piperazine rings is 1. The molecule has 170 valence electrons. The standard InChI is InChI=1S/C27H27FN2O3/c1-33-26-19-22(6-12-25(26)31)7-13-27(32)30-16-14-29(15-17-30)24-10-4-21(5-11-24)18-20-2-8-23(28)9-3-20/h2-13,19,31H,14-18H2,1H3/b13-7+. The fourth-order valence-electron chi connectivity index (χ4n) is 3.92. The van der Waals surface area contributed by atoms with Crippen molar-refractivity contribution < 1.29 is 19.0 Å². The van der Waals surface area contributed by atoms with Gasteiger partial charge in [-0.05, 0) is 65.6 Å². The molecule has 3 aromatic carbocycles. The van der Waals surface area contributed by atoms with Gasteiger partial charge < -0.3 is 19.6 Å². The second-order valence-corrected chi connectivity index (χ2v) is 8.05. The summed E-state index contributed by atoms with van der Waals surface area (Å²) in [6.07, 6.45) is 4.06. The van der Waals surface area contributed by atoms with E-state index in [1.165, 1.54) is 24.8 Å². The summed E-state index contributed by atoms with van der Waals surface area (Å²) < 4.78 is 18.2. The third-order valence-electron chi connectivity index (χ3n) is 5.84. The maximum atomic E-state index is 13.1. The van der Waals surface area contributed by atoms with Crippen LogP contribution in [0.15, 0.2) is 72.8 Å². The molecule has 4 rings (SSSR count). The zero-order valence-electron chi connectivity index (χ0n) is 18.6. The van der Waals surface area contributed by atoms with Crippen molar-refractivity contribution in [2.24, 2.45) is 0 Å². The normalized spacial score (nSPS) is 14.0. The van der Waals surface area contributed by atoms with Gasteiger partial charge in [-0.1, -0.05) is 30.3 Å². The Kier molecular flexibility index (Phi) is 6.93. The molecule has 3 aromatic rings. The molecule has 1 aliphatic rings. The molecule has 1 aliphatic heterocycles. The van der Waals surface area contributed by atoms with Crippen LogP contribution in [0.5, 0.6) is 11.5 Å². The van der Waals surface area contributed by atoms with Crippen LogP contribution in [-0.2, 0) is 11.2 Å². The number of amides is 1. The van der Waals surface area contributed by atoms with Crippen molar-refractivity contribution in [3.05, 3.63) is 95.3 Å². The maximum absolute atomic E-state index is 13.1. The Labute approximate surface area is 193 Å². The number of carbonyl (C=O) groups excluding carboxylic acids is 1. The monoisotopic (exact) mass is 446 g/mol. The summed E-state index contributed by atoms with van der Waals surface area (Å²) >= 11 is 0. The minimum atomic E-state index is -0.220. The summed E-state index contributed by atoms with van der Waals surface area (Å²) in [5.41, 5.74) is 4.18. The van der Waals surface area contributed by atoms with Crippen LogP contribution in [0.3, 0.4) is 0 Å². The van der Waals surface area contributed by atoms with Crippen LogP contribution in [-0.4, -0.2) is 49.2 Å². The smallest absolute Gasteiger partial charge is 0.246 e. The van der Waals surface area contributed by atoms with E-state index in [0.29, 0.717) is 18.8 Å². The summed E-state index contributed by atoms with van der Waals surface area (Å²) in [5.74, 6) is 0.196. The van der Waals surface area contributed by atoms with Crippen molar-refractivity contribution in [2.45, 2.75) is 6.42 Å². The number of phenolic OH excluding ortho intramolecular Hbond substituents is 1. The fourth-order valence-corrected chi connectivity index (χ4v) is 3.92. The number of carbonyl (C=O) groups is 1. The Morgan fingerprint density at radius 2 is 1.61 bits per heavy atom. The van der Waals surface area contributed by atoms with E-state index >= 15 is 0 Å². The van der Waals surface area contributed by atoms with Crippen molar-refractivity contribution in [3.8, 4) is 11.5 Å². The van der Waals surface area contributed by atoms with Gasteiger partial charge in [0, 0.05) is 37.9 Å². The molecule has 1 fully saturated rings. The first kappa shape index (κ1) is 22.4. The molecule has 0 bridgehead atoms. The first-order valence-electron chi connectivity index (χ1n) is 10.9. The van der Waals surface area contributed by atoms with Gasteiger partial charge in [0.05, 0.1) is 7.11 Å². The molecule has 0 saturated carbocycles. The minimum Gasteiger partial charge on any atom is -0.504 e. The molecule has 1 saturated heterocycles. The van der Waals surface area contributed by atoms with Gasteiger partial charge in [0.1, 0.15) is 5.82 Å². The number of phenols is 1. The predicted octanol–water partition coefficient (Wildman–Crippen LogP) is 4.49. The van der Waals surface area contributed by atoms with Gasteiger partial charge in [-0.2, -0.15) is 0 Å². The largest absolute Gasteiger partial charge is 0.504 e. The number of anilines is 1. The number of aromatic hydroxyl groups is 1. The lowest BCUT2D eigenvalue weighted by Gasteiger charge is -2.35. The Hall–Kier alpha value is -3.80. The molecule has 6 heteroatoms. The van der Waals surface area contributed by atoms with E-state index in [1.807, 2.05) is 17.0 Å². The van der Waals surface area contributed by atoms with Crippen LogP contribution in [0.2, 0.25) is 0 Å². The summed E-state index contributed by atoms with van der Waals surface area (Å²) in [6.45, 7) is 2.84.